The number of anilines is 2. The van der Waals surface area contributed by atoms with Crippen molar-refractivity contribution in [3.63, 3.8) is 0 Å². The molecule has 1 aliphatic rings. The van der Waals surface area contributed by atoms with Crippen molar-refractivity contribution in [2.75, 3.05) is 43.5 Å². The summed E-state index contributed by atoms with van der Waals surface area (Å²) < 4.78 is 5.27. The van der Waals surface area contributed by atoms with Crippen molar-refractivity contribution < 1.29 is 14.3 Å². The molecule has 1 heterocycles. The molecule has 0 unspecified atom stereocenters. The number of nitrogens with one attached hydrogen (secondary N) is 2. The number of hydrogen-bond acceptors (Lipinski definition) is 4. The van der Waals surface area contributed by atoms with Crippen LogP contribution in [0.3, 0.4) is 0 Å². The molecule has 2 aromatic rings. The van der Waals surface area contributed by atoms with E-state index < -0.39 is 0 Å². The normalized spacial score (nSPS) is 13.9. The molecule has 1 saturated heterocycles. The number of carbonyl (C=O) groups excluding carboxylic acids is 2. The van der Waals surface area contributed by atoms with Gasteiger partial charge in [0.25, 0.3) is 5.91 Å². The van der Waals surface area contributed by atoms with Gasteiger partial charge in [-0.05, 0) is 43.7 Å². The summed E-state index contributed by atoms with van der Waals surface area (Å²) in [7, 11) is 0. The van der Waals surface area contributed by atoms with Crippen molar-refractivity contribution >= 4 is 34.8 Å². The number of nitrogens with zero attached hydrogens (tertiary/aromatic N) is 1. The van der Waals surface area contributed by atoms with Gasteiger partial charge in [0.1, 0.15) is 0 Å². The Morgan fingerprint density at radius 3 is 2.54 bits per heavy atom. The molecule has 6 nitrogen and oxygen atoms in total. The Balaban J connectivity index is 1.58. The standard InChI is InChI=1S/C21H24ClN3O3/c1-14-3-6-19(15(2)11-14)24-20(26)13-23-16-4-5-17(18(22)12-16)21(27)25-7-9-28-10-8-25/h3-6,11-12,23H,7-10,13H2,1-2H3,(H,24,26). The number of aryl methyl sites for hydroxylation is 2. The maximum absolute atomic E-state index is 12.6. The van der Waals surface area contributed by atoms with Crippen LogP contribution in [0.2, 0.25) is 5.02 Å². The summed E-state index contributed by atoms with van der Waals surface area (Å²) in [5.41, 5.74) is 4.09. The molecular formula is C21H24ClN3O3. The second-order valence-electron chi connectivity index (χ2n) is 6.82. The summed E-state index contributed by atoms with van der Waals surface area (Å²) in [6, 6.07) is 11.0. The lowest BCUT2D eigenvalue weighted by atomic mass is 10.1. The molecule has 0 saturated carbocycles. The highest BCUT2D eigenvalue weighted by atomic mass is 35.5. The van der Waals surface area contributed by atoms with Gasteiger partial charge in [-0.3, -0.25) is 9.59 Å². The summed E-state index contributed by atoms with van der Waals surface area (Å²) in [5.74, 6) is -0.260. The number of halogens is 1. The second kappa shape index (κ2) is 9.08. The van der Waals surface area contributed by atoms with Gasteiger partial charge < -0.3 is 20.3 Å². The van der Waals surface area contributed by atoms with Crippen molar-refractivity contribution in [1.82, 2.24) is 4.90 Å². The quantitative estimate of drug-likeness (QED) is 0.804. The van der Waals surface area contributed by atoms with E-state index >= 15 is 0 Å². The van der Waals surface area contributed by atoms with Crippen molar-refractivity contribution in [3.05, 3.63) is 58.1 Å². The average molecular weight is 402 g/mol. The summed E-state index contributed by atoms with van der Waals surface area (Å²) in [6.07, 6.45) is 0. The fraction of sp³-hybridized carbons (Fsp3) is 0.333. The maximum atomic E-state index is 12.6. The summed E-state index contributed by atoms with van der Waals surface area (Å²) in [6.45, 7) is 6.27. The Bertz CT molecular complexity index is 879. The van der Waals surface area contributed by atoms with E-state index in [-0.39, 0.29) is 18.4 Å². The lowest BCUT2D eigenvalue weighted by Gasteiger charge is -2.27. The Kier molecular flexibility index (Phi) is 6.54. The van der Waals surface area contributed by atoms with Gasteiger partial charge in [0.05, 0.1) is 30.3 Å². The molecule has 0 radical (unpaired) electrons. The number of benzene rings is 2. The number of ether oxygens (including phenoxy) is 1. The first-order valence-electron chi connectivity index (χ1n) is 9.21. The highest BCUT2D eigenvalue weighted by molar-refractivity contribution is 6.34. The monoisotopic (exact) mass is 401 g/mol. The molecule has 3 rings (SSSR count). The topological polar surface area (TPSA) is 70.7 Å². The largest absolute Gasteiger partial charge is 0.378 e. The SMILES string of the molecule is Cc1ccc(NC(=O)CNc2ccc(C(=O)N3CCOCC3)c(Cl)c2)c(C)c1. The number of morpholine rings is 1. The molecule has 2 aromatic carbocycles. The zero-order valence-corrected chi connectivity index (χ0v) is 16.8. The van der Waals surface area contributed by atoms with Gasteiger partial charge in [0, 0.05) is 24.5 Å². The van der Waals surface area contributed by atoms with Gasteiger partial charge in [-0.2, -0.15) is 0 Å². The van der Waals surface area contributed by atoms with Crippen LogP contribution in [0, 0.1) is 13.8 Å². The molecular weight excluding hydrogens is 378 g/mol. The smallest absolute Gasteiger partial charge is 0.255 e. The van der Waals surface area contributed by atoms with Crippen molar-refractivity contribution in [3.8, 4) is 0 Å². The van der Waals surface area contributed by atoms with Crippen molar-refractivity contribution in [2.24, 2.45) is 0 Å². The lowest BCUT2D eigenvalue weighted by Crippen LogP contribution is -2.40. The minimum atomic E-state index is -0.156. The Morgan fingerprint density at radius 2 is 1.86 bits per heavy atom. The van der Waals surface area contributed by atoms with Crippen LogP contribution in [-0.4, -0.2) is 49.6 Å². The molecule has 0 aromatic heterocycles. The van der Waals surface area contributed by atoms with E-state index in [1.165, 1.54) is 0 Å². The first kappa shape index (κ1) is 20.2. The lowest BCUT2D eigenvalue weighted by molar-refractivity contribution is -0.114. The van der Waals surface area contributed by atoms with Gasteiger partial charge in [-0.15, -0.1) is 0 Å². The first-order chi connectivity index (χ1) is 13.4. The van der Waals surface area contributed by atoms with Crippen LogP contribution in [0.15, 0.2) is 36.4 Å². The molecule has 148 valence electrons. The number of hydrogen-bond donors (Lipinski definition) is 2. The number of carbonyl (C=O) groups is 2. The summed E-state index contributed by atoms with van der Waals surface area (Å²) in [4.78, 5) is 26.5. The molecule has 2 amide bonds. The van der Waals surface area contributed by atoms with E-state index in [0.29, 0.717) is 42.6 Å². The minimum absolute atomic E-state index is 0.0976. The van der Waals surface area contributed by atoms with Crippen LogP contribution in [-0.2, 0) is 9.53 Å². The highest BCUT2D eigenvalue weighted by Gasteiger charge is 2.20. The zero-order chi connectivity index (χ0) is 20.1. The Labute approximate surface area is 169 Å². The molecule has 0 aliphatic carbocycles. The predicted octanol–water partition coefficient (Wildman–Crippen LogP) is 3.48. The van der Waals surface area contributed by atoms with Crippen molar-refractivity contribution in [1.29, 1.82) is 0 Å². The third-order valence-electron chi connectivity index (χ3n) is 4.61. The second-order valence-corrected chi connectivity index (χ2v) is 7.23. The van der Waals surface area contributed by atoms with Crippen LogP contribution in [0.1, 0.15) is 21.5 Å². The van der Waals surface area contributed by atoms with Gasteiger partial charge in [0.2, 0.25) is 5.91 Å². The van der Waals surface area contributed by atoms with E-state index in [9.17, 15) is 9.59 Å². The first-order valence-corrected chi connectivity index (χ1v) is 9.59. The van der Waals surface area contributed by atoms with E-state index in [1.807, 2.05) is 32.0 Å². The molecule has 2 N–H and O–H groups in total. The van der Waals surface area contributed by atoms with Crippen LogP contribution < -0.4 is 10.6 Å². The summed E-state index contributed by atoms with van der Waals surface area (Å²) >= 11 is 6.30. The average Bonchev–Trinajstić information content (AvgIpc) is 2.69. The Morgan fingerprint density at radius 1 is 1.11 bits per heavy atom. The van der Waals surface area contributed by atoms with E-state index in [0.717, 1.165) is 16.8 Å². The van der Waals surface area contributed by atoms with E-state index in [4.69, 9.17) is 16.3 Å². The highest BCUT2D eigenvalue weighted by Crippen LogP contribution is 2.23. The molecule has 28 heavy (non-hydrogen) atoms. The fourth-order valence-corrected chi connectivity index (χ4v) is 3.33. The number of rotatable bonds is 5. The van der Waals surface area contributed by atoms with Gasteiger partial charge in [0.15, 0.2) is 0 Å². The van der Waals surface area contributed by atoms with Crippen molar-refractivity contribution in [2.45, 2.75) is 13.8 Å². The third-order valence-corrected chi connectivity index (χ3v) is 4.92. The van der Waals surface area contributed by atoms with Gasteiger partial charge in [-0.1, -0.05) is 29.3 Å². The molecule has 1 aliphatic heterocycles. The third kappa shape index (κ3) is 5.03. The molecule has 0 bridgehead atoms. The van der Waals surface area contributed by atoms with Gasteiger partial charge in [-0.25, -0.2) is 0 Å². The molecule has 0 atom stereocenters. The maximum Gasteiger partial charge on any atom is 0.255 e. The van der Waals surface area contributed by atoms with E-state index in [1.54, 1.807) is 23.1 Å². The van der Waals surface area contributed by atoms with E-state index in [2.05, 4.69) is 10.6 Å². The molecule has 0 spiro atoms. The van der Waals surface area contributed by atoms with Crippen LogP contribution >= 0.6 is 11.6 Å². The van der Waals surface area contributed by atoms with Crippen LogP contribution in [0.5, 0.6) is 0 Å². The fourth-order valence-electron chi connectivity index (χ4n) is 3.07. The molecule has 7 heteroatoms. The van der Waals surface area contributed by atoms with Gasteiger partial charge >= 0.3 is 0 Å². The van der Waals surface area contributed by atoms with Crippen LogP contribution in [0.4, 0.5) is 11.4 Å². The zero-order valence-electron chi connectivity index (χ0n) is 16.0. The van der Waals surface area contributed by atoms with Crippen LogP contribution in [0.25, 0.3) is 0 Å². The molecule has 1 fully saturated rings. The number of amides is 2. The predicted molar refractivity (Wildman–Crippen MR) is 111 cm³/mol. The minimum Gasteiger partial charge on any atom is -0.378 e. The summed E-state index contributed by atoms with van der Waals surface area (Å²) in [5, 5.41) is 6.29. The Hall–Kier alpha value is -2.57.